The molecule has 0 aromatic carbocycles. The minimum Gasteiger partial charge on any atom is 0 e. The molecule has 4 heavy (non-hydrogen) atoms. The van der Waals surface area contributed by atoms with Crippen molar-refractivity contribution in [1.29, 1.82) is 0 Å². The van der Waals surface area contributed by atoms with Crippen LogP contribution in [-0.4, -0.2) is 52.8 Å². The van der Waals surface area contributed by atoms with Gasteiger partial charge in [0.05, 0.1) is 0 Å². The SMILES string of the molecule is [Ge].[Ge].[Ge].[Y]. The number of hydrogen-bond acceptors (Lipinski definition) is 0. The van der Waals surface area contributed by atoms with E-state index in [0.29, 0.717) is 0 Å². The third kappa shape index (κ3) is 8.83. The van der Waals surface area contributed by atoms with Gasteiger partial charge in [0, 0.05) is 85.5 Å². The summed E-state index contributed by atoms with van der Waals surface area (Å²) in [6.07, 6.45) is 0. The van der Waals surface area contributed by atoms with E-state index in [1.165, 1.54) is 0 Å². The van der Waals surface area contributed by atoms with E-state index in [1.54, 1.807) is 0 Å². The first kappa shape index (κ1) is 29.6. The summed E-state index contributed by atoms with van der Waals surface area (Å²) >= 11 is 0. The molecule has 0 N–H and O–H groups in total. The molecule has 0 heterocycles. The van der Waals surface area contributed by atoms with Crippen molar-refractivity contribution in [2.24, 2.45) is 0 Å². The zero-order chi connectivity index (χ0) is 0. The summed E-state index contributed by atoms with van der Waals surface area (Å²) in [5, 5.41) is 0. The molecule has 0 aliphatic rings. The maximum absolute atomic E-state index is 0. The molecule has 13 radical (unpaired) electrons. The molecule has 0 spiro atoms. The molecule has 4 heteroatoms. The summed E-state index contributed by atoms with van der Waals surface area (Å²) in [5.41, 5.74) is 0. The second-order valence-electron chi connectivity index (χ2n) is 0. The van der Waals surface area contributed by atoms with E-state index >= 15 is 0 Å². The van der Waals surface area contributed by atoms with Crippen LogP contribution in [0, 0.1) is 0 Å². The summed E-state index contributed by atoms with van der Waals surface area (Å²) in [4.78, 5) is 0. The van der Waals surface area contributed by atoms with E-state index in [9.17, 15) is 0 Å². The Hall–Kier alpha value is 2.73. The molecule has 0 atom stereocenters. The Labute approximate surface area is 84.0 Å². The standard InChI is InChI=1S/3Ge.Y. The Bertz CT molecular complexity index is 3.25. The minimum absolute atomic E-state index is 0. The monoisotopic (exact) mass is 311 g/mol. The van der Waals surface area contributed by atoms with Gasteiger partial charge in [-0.15, -0.1) is 0 Å². The van der Waals surface area contributed by atoms with Gasteiger partial charge >= 0.3 is 0 Å². The van der Waals surface area contributed by atoms with Gasteiger partial charge in [-0.25, -0.2) is 0 Å². The molecule has 15 valence electrons. The van der Waals surface area contributed by atoms with Crippen molar-refractivity contribution in [3.63, 3.8) is 0 Å². The van der Waals surface area contributed by atoms with Gasteiger partial charge < -0.3 is 0 Å². The molecule has 0 aliphatic heterocycles. The molecule has 0 aromatic rings. The van der Waals surface area contributed by atoms with Gasteiger partial charge in [0.15, 0.2) is 0 Å². The first-order valence-corrected chi connectivity index (χ1v) is 0. The molecule has 0 rings (SSSR count). The van der Waals surface area contributed by atoms with E-state index in [0.717, 1.165) is 0 Å². The maximum atomic E-state index is 0. The van der Waals surface area contributed by atoms with Crippen molar-refractivity contribution in [3.8, 4) is 0 Å². The van der Waals surface area contributed by atoms with E-state index in [1.807, 2.05) is 0 Å². The molecule has 0 aromatic heterocycles. The van der Waals surface area contributed by atoms with Crippen LogP contribution in [0.2, 0.25) is 0 Å². The third-order valence-electron chi connectivity index (χ3n) is 0. The van der Waals surface area contributed by atoms with Crippen LogP contribution in [0.5, 0.6) is 0 Å². The summed E-state index contributed by atoms with van der Waals surface area (Å²) in [5.74, 6) is 0. The molecule has 0 aliphatic carbocycles. The van der Waals surface area contributed by atoms with E-state index in [2.05, 4.69) is 0 Å². The molecule has 0 fully saturated rings. The Morgan fingerprint density at radius 1 is 0.500 bits per heavy atom. The topological polar surface area (TPSA) is 0 Å². The average molecular weight is 307 g/mol. The molecule has 0 saturated heterocycles. The van der Waals surface area contributed by atoms with Crippen molar-refractivity contribution in [2.75, 3.05) is 0 Å². The van der Waals surface area contributed by atoms with Gasteiger partial charge in [0.1, 0.15) is 0 Å². The van der Waals surface area contributed by atoms with Gasteiger partial charge in [-0.05, 0) is 0 Å². The molecule has 0 bridgehead atoms. The molecule has 0 nitrogen and oxygen atoms in total. The molecular formula is Ge3Y. The van der Waals surface area contributed by atoms with Gasteiger partial charge in [-0.3, -0.25) is 0 Å². The van der Waals surface area contributed by atoms with E-state index < -0.39 is 0 Å². The molecule has 0 amide bonds. The van der Waals surface area contributed by atoms with Crippen LogP contribution in [0.4, 0.5) is 0 Å². The Balaban J connectivity index is 0. The summed E-state index contributed by atoms with van der Waals surface area (Å²) in [7, 11) is 0. The fraction of sp³-hybridized carbons (Fsp3) is 0. The average Bonchev–Trinajstić information content (AvgIpc) is 0. The van der Waals surface area contributed by atoms with Crippen LogP contribution in [0.1, 0.15) is 0 Å². The Morgan fingerprint density at radius 3 is 0.500 bits per heavy atom. The predicted octanol–water partition coefficient (Wildman–Crippen LogP) is -1.14. The number of hydrogen-bond donors (Lipinski definition) is 0. The third-order valence-corrected chi connectivity index (χ3v) is 0. The Kier molecular flexibility index (Phi) is 127. The Morgan fingerprint density at radius 2 is 0.500 bits per heavy atom. The smallest absolute Gasteiger partial charge is 0 e. The first-order valence-electron chi connectivity index (χ1n) is 0. The fourth-order valence-corrected chi connectivity index (χ4v) is 0. The zero-order valence-electron chi connectivity index (χ0n) is 2.08. The van der Waals surface area contributed by atoms with Gasteiger partial charge in [-0.1, -0.05) is 0 Å². The van der Waals surface area contributed by atoms with Crippen LogP contribution in [0.25, 0.3) is 0 Å². The van der Waals surface area contributed by atoms with Crippen molar-refractivity contribution >= 4 is 52.8 Å². The van der Waals surface area contributed by atoms with E-state index in [-0.39, 0.29) is 85.5 Å². The van der Waals surface area contributed by atoms with Crippen LogP contribution in [-0.2, 0) is 32.7 Å². The van der Waals surface area contributed by atoms with Crippen LogP contribution in [0.3, 0.4) is 0 Å². The summed E-state index contributed by atoms with van der Waals surface area (Å²) in [6, 6.07) is 0. The fourth-order valence-electron chi connectivity index (χ4n) is 0. The molecule has 0 unspecified atom stereocenters. The summed E-state index contributed by atoms with van der Waals surface area (Å²) in [6.45, 7) is 0. The van der Waals surface area contributed by atoms with Crippen LogP contribution in [0.15, 0.2) is 0 Å². The van der Waals surface area contributed by atoms with Gasteiger partial charge in [-0.2, -0.15) is 0 Å². The molecular weight excluding hydrogens is 307 g/mol. The van der Waals surface area contributed by atoms with Crippen LogP contribution >= 0.6 is 0 Å². The zero-order valence-corrected chi connectivity index (χ0v) is 11.2. The largest absolute Gasteiger partial charge is 0 e. The van der Waals surface area contributed by atoms with Crippen molar-refractivity contribution in [2.45, 2.75) is 0 Å². The first-order chi connectivity index (χ1) is 0. The number of rotatable bonds is 0. The van der Waals surface area contributed by atoms with Crippen molar-refractivity contribution in [1.82, 2.24) is 0 Å². The van der Waals surface area contributed by atoms with Crippen molar-refractivity contribution in [3.05, 3.63) is 0 Å². The quantitative estimate of drug-likeness (QED) is 0.496. The second kappa shape index (κ2) is 17.2. The minimum atomic E-state index is 0. The van der Waals surface area contributed by atoms with Gasteiger partial charge in [0.2, 0.25) is 0 Å². The van der Waals surface area contributed by atoms with E-state index in [4.69, 9.17) is 0 Å². The predicted molar refractivity (Wildman–Crippen MR) is 17.3 cm³/mol. The second-order valence-corrected chi connectivity index (χ2v) is 0. The van der Waals surface area contributed by atoms with Crippen LogP contribution < -0.4 is 0 Å². The molecule has 0 saturated carbocycles. The maximum Gasteiger partial charge on any atom is 0 e. The van der Waals surface area contributed by atoms with Gasteiger partial charge in [0.25, 0.3) is 0 Å². The summed E-state index contributed by atoms with van der Waals surface area (Å²) < 4.78 is 0. The van der Waals surface area contributed by atoms with Crippen molar-refractivity contribution < 1.29 is 32.7 Å². The normalized spacial score (nSPS) is 0.